The number of carbonyl (C=O) groups is 2. The van der Waals surface area contributed by atoms with Crippen LogP contribution in [0, 0.1) is 17.8 Å². The van der Waals surface area contributed by atoms with Gasteiger partial charge in [-0.15, -0.1) is 0 Å². The summed E-state index contributed by atoms with van der Waals surface area (Å²) in [5.74, 6) is 1.30. The Labute approximate surface area is 141 Å². The molecule has 2 rings (SSSR count). The maximum absolute atomic E-state index is 12.8. The van der Waals surface area contributed by atoms with Crippen LogP contribution in [0.15, 0.2) is 0 Å². The van der Waals surface area contributed by atoms with Gasteiger partial charge in [-0.25, -0.2) is 0 Å². The maximum atomic E-state index is 12.8. The molecule has 4 heteroatoms. The van der Waals surface area contributed by atoms with Crippen LogP contribution in [0.1, 0.15) is 72.1 Å². The van der Waals surface area contributed by atoms with Crippen molar-refractivity contribution in [2.75, 3.05) is 13.1 Å². The summed E-state index contributed by atoms with van der Waals surface area (Å²) in [6, 6.07) is 0.448. The molecule has 2 aliphatic rings. The second-order valence-electron chi connectivity index (χ2n) is 7.78. The zero-order valence-corrected chi connectivity index (χ0v) is 15.1. The molecule has 0 radical (unpaired) electrons. The summed E-state index contributed by atoms with van der Waals surface area (Å²) in [6.07, 6.45) is 8.13. The lowest BCUT2D eigenvalue weighted by atomic mass is 9.80. The number of rotatable bonds is 5. The molecule has 1 saturated carbocycles. The van der Waals surface area contributed by atoms with E-state index in [1.54, 1.807) is 0 Å². The van der Waals surface area contributed by atoms with Crippen molar-refractivity contribution >= 4 is 11.8 Å². The summed E-state index contributed by atoms with van der Waals surface area (Å²) < 4.78 is 0. The van der Waals surface area contributed by atoms with Gasteiger partial charge in [0.1, 0.15) is 0 Å². The van der Waals surface area contributed by atoms with Gasteiger partial charge in [0.15, 0.2) is 0 Å². The van der Waals surface area contributed by atoms with E-state index >= 15 is 0 Å². The Morgan fingerprint density at radius 2 is 1.70 bits per heavy atom. The predicted molar refractivity (Wildman–Crippen MR) is 92.9 cm³/mol. The second kappa shape index (κ2) is 8.70. The number of nitrogens with zero attached hydrogens (tertiary/aromatic N) is 1. The van der Waals surface area contributed by atoms with E-state index in [1.165, 1.54) is 6.42 Å². The largest absolute Gasteiger partial charge is 0.356 e. The van der Waals surface area contributed by atoms with Crippen LogP contribution in [0.25, 0.3) is 0 Å². The molecule has 1 heterocycles. The number of likely N-dealkylation sites (tertiary alicyclic amines) is 1. The molecule has 1 atom stereocenters. The van der Waals surface area contributed by atoms with Gasteiger partial charge < -0.3 is 10.2 Å². The summed E-state index contributed by atoms with van der Waals surface area (Å²) in [6.45, 7) is 8.10. The highest BCUT2D eigenvalue weighted by atomic mass is 16.2. The number of amides is 2. The quantitative estimate of drug-likeness (QED) is 0.844. The van der Waals surface area contributed by atoms with Gasteiger partial charge in [-0.05, 0) is 57.3 Å². The Hall–Kier alpha value is -1.06. The van der Waals surface area contributed by atoms with E-state index < -0.39 is 0 Å². The van der Waals surface area contributed by atoms with Crippen molar-refractivity contribution in [3.63, 3.8) is 0 Å². The first-order chi connectivity index (χ1) is 11.0. The Balaban J connectivity index is 1.81. The van der Waals surface area contributed by atoms with Gasteiger partial charge in [-0.3, -0.25) is 9.59 Å². The number of piperidine rings is 1. The zero-order valence-electron chi connectivity index (χ0n) is 15.1. The molecule has 1 aliphatic heterocycles. The smallest absolute Gasteiger partial charge is 0.225 e. The summed E-state index contributed by atoms with van der Waals surface area (Å²) >= 11 is 0. The molecule has 1 N–H and O–H groups in total. The number of carbonyl (C=O) groups excluding carboxylic acids is 2. The van der Waals surface area contributed by atoms with Crippen molar-refractivity contribution in [2.45, 2.75) is 78.2 Å². The molecule has 0 aromatic heterocycles. The third-order valence-electron chi connectivity index (χ3n) is 5.51. The maximum Gasteiger partial charge on any atom is 0.225 e. The minimum Gasteiger partial charge on any atom is -0.356 e. The van der Waals surface area contributed by atoms with E-state index in [0.29, 0.717) is 17.9 Å². The van der Waals surface area contributed by atoms with E-state index in [0.717, 1.165) is 58.0 Å². The fourth-order valence-corrected chi connectivity index (χ4v) is 4.00. The summed E-state index contributed by atoms with van der Waals surface area (Å²) in [7, 11) is 0. The van der Waals surface area contributed by atoms with Crippen molar-refractivity contribution in [3.05, 3.63) is 0 Å². The Kier molecular flexibility index (Phi) is 6.91. The van der Waals surface area contributed by atoms with Crippen molar-refractivity contribution < 1.29 is 9.59 Å². The van der Waals surface area contributed by atoms with Crippen LogP contribution in [0.3, 0.4) is 0 Å². The minimum atomic E-state index is 0.112. The zero-order chi connectivity index (χ0) is 16.8. The van der Waals surface area contributed by atoms with E-state index in [4.69, 9.17) is 0 Å². The molecular formula is C19H34N2O2. The van der Waals surface area contributed by atoms with Crippen LogP contribution in [0.5, 0.6) is 0 Å². The lowest BCUT2D eigenvalue weighted by molar-refractivity contribution is -0.142. The summed E-state index contributed by atoms with van der Waals surface area (Å²) in [5, 5.41) is 3.04. The molecular weight excluding hydrogens is 288 g/mol. The third-order valence-corrected chi connectivity index (χ3v) is 5.51. The molecule has 0 spiro atoms. The van der Waals surface area contributed by atoms with Gasteiger partial charge in [0, 0.05) is 31.0 Å². The fraction of sp³-hybridized carbons (Fsp3) is 0.895. The molecule has 0 aromatic carbocycles. The van der Waals surface area contributed by atoms with Crippen LogP contribution in [0.2, 0.25) is 0 Å². The SMILES string of the molecule is CCC1CCCCN1C(=O)C1CCC(C(=O)NCC(C)C)CC1. The van der Waals surface area contributed by atoms with Gasteiger partial charge in [-0.1, -0.05) is 20.8 Å². The first kappa shape index (κ1) is 18.3. The van der Waals surface area contributed by atoms with Gasteiger partial charge in [0.05, 0.1) is 0 Å². The van der Waals surface area contributed by atoms with E-state index in [9.17, 15) is 9.59 Å². The molecule has 132 valence electrons. The standard InChI is InChI=1S/C19H34N2O2/c1-4-17-7-5-6-12-21(17)19(23)16-10-8-15(9-11-16)18(22)20-13-14(2)3/h14-17H,4-13H2,1-3H3,(H,20,22). The third kappa shape index (κ3) is 4.95. The number of nitrogens with one attached hydrogen (secondary N) is 1. The molecule has 0 aromatic rings. The average molecular weight is 322 g/mol. The van der Waals surface area contributed by atoms with Crippen LogP contribution in [-0.2, 0) is 9.59 Å². The Morgan fingerprint density at radius 3 is 2.30 bits per heavy atom. The van der Waals surface area contributed by atoms with Gasteiger partial charge in [-0.2, -0.15) is 0 Å². The van der Waals surface area contributed by atoms with Crippen molar-refractivity contribution in [2.24, 2.45) is 17.8 Å². The van der Waals surface area contributed by atoms with Crippen molar-refractivity contribution in [3.8, 4) is 0 Å². The van der Waals surface area contributed by atoms with Gasteiger partial charge >= 0.3 is 0 Å². The molecule has 1 unspecified atom stereocenters. The fourth-order valence-electron chi connectivity index (χ4n) is 4.00. The first-order valence-electron chi connectivity index (χ1n) is 9.61. The highest BCUT2D eigenvalue weighted by molar-refractivity contribution is 5.81. The topological polar surface area (TPSA) is 49.4 Å². The lowest BCUT2D eigenvalue weighted by Crippen LogP contribution is -2.47. The minimum absolute atomic E-state index is 0.112. The molecule has 1 saturated heterocycles. The Bertz CT molecular complexity index is 400. The monoisotopic (exact) mass is 322 g/mol. The van der Waals surface area contributed by atoms with Crippen LogP contribution < -0.4 is 5.32 Å². The second-order valence-corrected chi connectivity index (χ2v) is 7.78. The molecule has 0 bridgehead atoms. The van der Waals surface area contributed by atoms with E-state index in [-0.39, 0.29) is 17.7 Å². The molecule has 4 nitrogen and oxygen atoms in total. The van der Waals surface area contributed by atoms with Crippen LogP contribution >= 0.6 is 0 Å². The van der Waals surface area contributed by atoms with E-state index in [1.807, 2.05) is 0 Å². The molecule has 2 fully saturated rings. The summed E-state index contributed by atoms with van der Waals surface area (Å²) in [4.78, 5) is 27.2. The van der Waals surface area contributed by atoms with Crippen LogP contribution in [-0.4, -0.2) is 35.8 Å². The van der Waals surface area contributed by atoms with Crippen molar-refractivity contribution in [1.82, 2.24) is 10.2 Å². The summed E-state index contributed by atoms with van der Waals surface area (Å²) in [5.41, 5.74) is 0. The predicted octanol–water partition coefficient (Wildman–Crippen LogP) is 3.36. The van der Waals surface area contributed by atoms with E-state index in [2.05, 4.69) is 31.0 Å². The normalized spacial score (nSPS) is 28.7. The van der Waals surface area contributed by atoms with Gasteiger partial charge in [0.25, 0.3) is 0 Å². The molecule has 1 aliphatic carbocycles. The highest BCUT2D eigenvalue weighted by Gasteiger charge is 2.34. The first-order valence-corrected chi connectivity index (χ1v) is 9.61. The molecule has 2 amide bonds. The molecule has 23 heavy (non-hydrogen) atoms. The average Bonchev–Trinajstić information content (AvgIpc) is 2.59. The van der Waals surface area contributed by atoms with Gasteiger partial charge in [0.2, 0.25) is 11.8 Å². The Morgan fingerprint density at radius 1 is 1.04 bits per heavy atom. The van der Waals surface area contributed by atoms with Crippen LogP contribution in [0.4, 0.5) is 0 Å². The van der Waals surface area contributed by atoms with Crippen molar-refractivity contribution in [1.29, 1.82) is 0 Å². The highest BCUT2D eigenvalue weighted by Crippen LogP contribution is 2.32. The lowest BCUT2D eigenvalue weighted by Gasteiger charge is -2.39. The number of hydrogen-bond acceptors (Lipinski definition) is 2. The number of hydrogen-bond donors (Lipinski definition) is 1.